The van der Waals surface area contributed by atoms with E-state index in [9.17, 15) is 14.4 Å². The van der Waals surface area contributed by atoms with Gasteiger partial charge in [0.15, 0.2) is 0 Å². The maximum absolute atomic E-state index is 13.2. The van der Waals surface area contributed by atoms with Crippen molar-refractivity contribution in [2.45, 2.75) is 58.2 Å². The number of carbonyl (C=O) groups excluding carboxylic acids is 3. The number of rotatable bonds is 4. The van der Waals surface area contributed by atoms with Crippen LogP contribution in [-0.2, 0) is 21.5 Å². The van der Waals surface area contributed by atoms with Crippen molar-refractivity contribution in [3.05, 3.63) is 58.5 Å². The molecule has 1 spiro atoms. The predicted octanol–water partition coefficient (Wildman–Crippen LogP) is 3.24. The van der Waals surface area contributed by atoms with E-state index < -0.39 is 5.66 Å². The van der Waals surface area contributed by atoms with Crippen molar-refractivity contribution in [3.8, 4) is 0 Å². The second-order valence-electron chi connectivity index (χ2n) is 10.2. The Kier molecular flexibility index (Phi) is 6.29. The predicted molar refractivity (Wildman–Crippen MR) is 126 cm³/mol. The van der Waals surface area contributed by atoms with Crippen LogP contribution in [0.25, 0.3) is 0 Å². The quantitative estimate of drug-likeness (QED) is 0.694. The molecule has 4 rings (SSSR count). The molecule has 34 heavy (non-hydrogen) atoms. The Morgan fingerprint density at radius 1 is 1.15 bits per heavy atom. The Morgan fingerprint density at radius 3 is 2.35 bits per heavy atom. The van der Waals surface area contributed by atoms with E-state index >= 15 is 0 Å². The number of furan rings is 1. The van der Waals surface area contributed by atoms with E-state index in [4.69, 9.17) is 9.15 Å². The molecule has 2 aliphatic heterocycles. The van der Waals surface area contributed by atoms with Crippen molar-refractivity contribution >= 4 is 17.8 Å². The van der Waals surface area contributed by atoms with Gasteiger partial charge in [-0.25, -0.2) is 4.79 Å². The van der Waals surface area contributed by atoms with E-state index in [1.807, 2.05) is 34.9 Å². The number of esters is 1. The Balaban J connectivity index is 1.45. The topological polar surface area (TPSA) is 92.1 Å². The van der Waals surface area contributed by atoms with Crippen LogP contribution in [0.15, 0.2) is 34.7 Å². The van der Waals surface area contributed by atoms with E-state index in [2.05, 4.69) is 26.1 Å². The molecule has 0 saturated carbocycles. The standard InChI is InChI=1S/C26H33N3O5/c1-17-20(14-21(34-17)25(2,3)4)23(31)28-12-10-26(11-13-28)27-15-22(30)29(26)16-18-6-8-19(9-7-18)24(32)33-5/h6-9,14,27H,10-13,15-16H2,1-5H3. The van der Waals surface area contributed by atoms with Gasteiger partial charge in [-0.15, -0.1) is 0 Å². The van der Waals surface area contributed by atoms with Gasteiger partial charge >= 0.3 is 5.97 Å². The number of ether oxygens (including phenoxy) is 1. The number of aryl methyl sites for hydroxylation is 1. The van der Waals surface area contributed by atoms with Crippen LogP contribution in [0.1, 0.15) is 71.4 Å². The summed E-state index contributed by atoms with van der Waals surface area (Å²) in [6, 6.07) is 8.98. The Bertz CT molecular complexity index is 1090. The number of amides is 2. The fourth-order valence-corrected chi connectivity index (χ4v) is 4.72. The molecule has 0 atom stereocenters. The summed E-state index contributed by atoms with van der Waals surface area (Å²) in [5, 5.41) is 3.41. The number of likely N-dealkylation sites (tertiary alicyclic amines) is 1. The molecule has 0 bridgehead atoms. The van der Waals surface area contributed by atoms with E-state index in [0.29, 0.717) is 49.4 Å². The fraction of sp³-hybridized carbons (Fsp3) is 0.500. The summed E-state index contributed by atoms with van der Waals surface area (Å²) in [7, 11) is 1.35. The fourth-order valence-electron chi connectivity index (χ4n) is 4.72. The average Bonchev–Trinajstić information content (AvgIpc) is 3.35. The van der Waals surface area contributed by atoms with Crippen molar-refractivity contribution in [2.24, 2.45) is 0 Å². The first-order chi connectivity index (χ1) is 16.0. The largest absolute Gasteiger partial charge is 0.465 e. The lowest BCUT2D eigenvalue weighted by Gasteiger charge is -2.44. The molecule has 2 aliphatic rings. The van der Waals surface area contributed by atoms with Gasteiger partial charge in [0.2, 0.25) is 5.91 Å². The van der Waals surface area contributed by atoms with Gasteiger partial charge in [0.1, 0.15) is 11.5 Å². The van der Waals surface area contributed by atoms with Crippen LogP contribution in [0.3, 0.4) is 0 Å². The Labute approximate surface area is 200 Å². The molecule has 0 aliphatic carbocycles. The van der Waals surface area contributed by atoms with E-state index in [-0.39, 0.29) is 29.7 Å². The van der Waals surface area contributed by atoms with Crippen LogP contribution in [-0.4, -0.2) is 60.0 Å². The molecule has 182 valence electrons. The number of piperidine rings is 1. The molecular weight excluding hydrogens is 434 g/mol. The van der Waals surface area contributed by atoms with Gasteiger partial charge in [-0.1, -0.05) is 32.9 Å². The second-order valence-corrected chi connectivity index (χ2v) is 10.2. The first kappa shape index (κ1) is 24.0. The first-order valence-corrected chi connectivity index (χ1v) is 11.7. The molecule has 2 saturated heterocycles. The lowest BCUT2D eigenvalue weighted by Crippen LogP contribution is -2.59. The zero-order chi connectivity index (χ0) is 24.7. The summed E-state index contributed by atoms with van der Waals surface area (Å²) in [6.45, 7) is 9.83. The summed E-state index contributed by atoms with van der Waals surface area (Å²) in [5.74, 6) is 1.07. The van der Waals surface area contributed by atoms with E-state index in [0.717, 1.165) is 11.3 Å². The molecule has 2 aromatic rings. The van der Waals surface area contributed by atoms with Crippen molar-refractivity contribution in [3.63, 3.8) is 0 Å². The smallest absolute Gasteiger partial charge is 0.337 e. The highest BCUT2D eigenvalue weighted by Gasteiger charge is 2.47. The summed E-state index contributed by atoms with van der Waals surface area (Å²) < 4.78 is 10.6. The third kappa shape index (κ3) is 4.46. The number of nitrogens with zero attached hydrogens (tertiary/aromatic N) is 2. The van der Waals surface area contributed by atoms with Gasteiger partial charge in [0, 0.05) is 37.9 Å². The van der Waals surface area contributed by atoms with Gasteiger partial charge < -0.3 is 19.0 Å². The van der Waals surface area contributed by atoms with Crippen LogP contribution < -0.4 is 5.32 Å². The van der Waals surface area contributed by atoms with Crippen LogP contribution in [0.5, 0.6) is 0 Å². The maximum atomic E-state index is 13.2. The molecule has 2 fully saturated rings. The lowest BCUT2D eigenvalue weighted by atomic mass is 9.92. The number of hydrogen-bond acceptors (Lipinski definition) is 6. The highest BCUT2D eigenvalue weighted by Crippen LogP contribution is 2.33. The van der Waals surface area contributed by atoms with Crippen molar-refractivity contribution < 1.29 is 23.5 Å². The Morgan fingerprint density at radius 2 is 1.79 bits per heavy atom. The molecule has 1 aromatic carbocycles. The number of benzene rings is 1. The normalized spacial score (nSPS) is 18.0. The maximum Gasteiger partial charge on any atom is 0.337 e. The molecule has 0 radical (unpaired) electrons. The van der Waals surface area contributed by atoms with Gasteiger partial charge in [-0.05, 0) is 30.7 Å². The number of methoxy groups -OCH3 is 1. The SMILES string of the molecule is COC(=O)c1ccc(CN2C(=O)CNC23CCN(C(=O)c2cc(C(C)(C)C)oc2C)CC3)cc1. The number of nitrogens with one attached hydrogen (secondary N) is 1. The zero-order valence-corrected chi connectivity index (χ0v) is 20.6. The van der Waals surface area contributed by atoms with Gasteiger partial charge in [0.05, 0.1) is 30.4 Å². The Hall–Kier alpha value is -3.13. The molecule has 8 nitrogen and oxygen atoms in total. The summed E-state index contributed by atoms with van der Waals surface area (Å²) in [6.07, 6.45) is 1.29. The zero-order valence-electron chi connectivity index (χ0n) is 20.6. The van der Waals surface area contributed by atoms with Gasteiger partial charge in [0.25, 0.3) is 5.91 Å². The minimum Gasteiger partial charge on any atom is -0.465 e. The lowest BCUT2D eigenvalue weighted by molar-refractivity contribution is -0.132. The van der Waals surface area contributed by atoms with Gasteiger partial charge in [-0.2, -0.15) is 0 Å². The summed E-state index contributed by atoms with van der Waals surface area (Å²) in [4.78, 5) is 41.4. The highest BCUT2D eigenvalue weighted by atomic mass is 16.5. The number of hydrogen-bond donors (Lipinski definition) is 1. The summed E-state index contributed by atoms with van der Waals surface area (Å²) >= 11 is 0. The second kappa shape index (κ2) is 8.91. The average molecular weight is 468 g/mol. The molecule has 1 aromatic heterocycles. The highest BCUT2D eigenvalue weighted by molar-refractivity contribution is 5.95. The van der Waals surface area contributed by atoms with Crippen molar-refractivity contribution in [2.75, 3.05) is 26.7 Å². The molecular formula is C26H33N3O5. The van der Waals surface area contributed by atoms with Crippen LogP contribution in [0, 0.1) is 6.92 Å². The molecule has 2 amide bonds. The summed E-state index contributed by atoms with van der Waals surface area (Å²) in [5.41, 5.74) is 1.38. The van der Waals surface area contributed by atoms with Crippen molar-refractivity contribution in [1.82, 2.24) is 15.1 Å². The molecule has 3 heterocycles. The van der Waals surface area contributed by atoms with Crippen molar-refractivity contribution in [1.29, 1.82) is 0 Å². The number of carbonyl (C=O) groups is 3. The van der Waals surface area contributed by atoms with E-state index in [1.54, 1.807) is 12.1 Å². The monoisotopic (exact) mass is 467 g/mol. The minimum absolute atomic E-state index is 0.0270. The molecule has 1 N–H and O–H groups in total. The third-order valence-electron chi connectivity index (χ3n) is 6.87. The third-order valence-corrected chi connectivity index (χ3v) is 6.87. The van der Waals surface area contributed by atoms with E-state index in [1.165, 1.54) is 7.11 Å². The van der Waals surface area contributed by atoms with Crippen LogP contribution >= 0.6 is 0 Å². The van der Waals surface area contributed by atoms with Gasteiger partial charge in [-0.3, -0.25) is 14.9 Å². The molecule has 0 unspecified atom stereocenters. The first-order valence-electron chi connectivity index (χ1n) is 11.7. The molecule has 8 heteroatoms. The van der Waals surface area contributed by atoms with Crippen LogP contribution in [0.4, 0.5) is 0 Å². The van der Waals surface area contributed by atoms with Crippen LogP contribution in [0.2, 0.25) is 0 Å². The minimum atomic E-state index is -0.475.